The number of benzene rings is 1. The van der Waals surface area contributed by atoms with E-state index in [0.717, 1.165) is 35.0 Å². The molecule has 3 nitrogen and oxygen atoms in total. The van der Waals surface area contributed by atoms with Crippen LogP contribution in [0.5, 0.6) is 5.88 Å². The molecule has 1 aromatic heterocycles. The van der Waals surface area contributed by atoms with E-state index in [1.807, 2.05) is 30.3 Å². The van der Waals surface area contributed by atoms with Crippen LogP contribution in [0.15, 0.2) is 34.8 Å². The number of rotatable bonds is 3. The number of aryl methyl sites for hydroxylation is 2. The maximum absolute atomic E-state index is 9.28. The Morgan fingerprint density at radius 2 is 1.95 bits per heavy atom. The smallest absolute Gasteiger partial charge is 0.232 e. The fourth-order valence-electron chi connectivity index (χ4n) is 2.54. The van der Waals surface area contributed by atoms with Gasteiger partial charge in [0.25, 0.3) is 0 Å². The molecular weight excluding hydrogens is 328 g/mol. The van der Waals surface area contributed by atoms with Gasteiger partial charge in [0, 0.05) is 10.2 Å². The Hall–Kier alpha value is -1.86. The molecule has 0 atom stereocenters. The lowest BCUT2D eigenvalue weighted by Gasteiger charge is -2.16. The van der Waals surface area contributed by atoms with Crippen molar-refractivity contribution >= 4 is 15.9 Å². The van der Waals surface area contributed by atoms with Crippen molar-refractivity contribution in [3.63, 3.8) is 0 Å². The number of aromatic nitrogens is 1. The van der Waals surface area contributed by atoms with Crippen molar-refractivity contribution in [3.8, 4) is 11.9 Å². The van der Waals surface area contributed by atoms with Crippen LogP contribution in [0.25, 0.3) is 0 Å². The van der Waals surface area contributed by atoms with Gasteiger partial charge in [0.05, 0.1) is 0 Å². The third-order valence-electron chi connectivity index (χ3n) is 3.68. The molecule has 4 heteroatoms. The second kappa shape index (κ2) is 6.28. The first kappa shape index (κ1) is 14.1. The van der Waals surface area contributed by atoms with Crippen molar-refractivity contribution in [1.82, 2.24) is 4.98 Å². The lowest BCUT2D eigenvalue weighted by molar-refractivity contribution is 0.291. The number of halogens is 1. The quantitative estimate of drug-likeness (QED) is 0.840. The van der Waals surface area contributed by atoms with Crippen LogP contribution in [0, 0.1) is 11.3 Å². The minimum atomic E-state index is 0.424. The molecule has 0 N–H and O–H groups in total. The molecular formula is C17H15BrN2O. The van der Waals surface area contributed by atoms with Crippen LogP contribution < -0.4 is 4.74 Å². The molecule has 1 aliphatic rings. The van der Waals surface area contributed by atoms with Crippen LogP contribution in [0.2, 0.25) is 0 Å². The molecule has 0 spiro atoms. The zero-order valence-corrected chi connectivity index (χ0v) is 13.2. The zero-order chi connectivity index (χ0) is 14.7. The Labute approximate surface area is 132 Å². The molecule has 0 fully saturated rings. The average Bonchev–Trinajstić information content (AvgIpc) is 2.53. The van der Waals surface area contributed by atoms with E-state index in [1.165, 1.54) is 12.0 Å². The van der Waals surface area contributed by atoms with Gasteiger partial charge in [0.2, 0.25) is 5.88 Å². The summed E-state index contributed by atoms with van der Waals surface area (Å²) in [5.41, 5.74) is 3.88. The number of hydrogen-bond acceptors (Lipinski definition) is 3. The van der Waals surface area contributed by atoms with E-state index in [4.69, 9.17) is 4.74 Å². The van der Waals surface area contributed by atoms with E-state index in [-0.39, 0.29) is 0 Å². The largest absolute Gasteiger partial charge is 0.472 e. The normalized spacial score (nSPS) is 13.3. The summed E-state index contributed by atoms with van der Waals surface area (Å²) < 4.78 is 6.81. The average molecular weight is 343 g/mol. The first-order valence-corrected chi connectivity index (χ1v) is 7.85. The van der Waals surface area contributed by atoms with Crippen LogP contribution in [0.4, 0.5) is 0 Å². The molecule has 1 aromatic carbocycles. The topological polar surface area (TPSA) is 45.9 Å². The molecule has 1 aliphatic carbocycles. The number of pyridine rings is 1. The van der Waals surface area contributed by atoms with E-state index < -0.39 is 0 Å². The summed E-state index contributed by atoms with van der Waals surface area (Å²) in [6.45, 7) is 0.424. The molecule has 0 aliphatic heterocycles. The first-order valence-electron chi connectivity index (χ1n) is 7.06. The molecule has 21 heavy (non-hydrogen) atoms. The molecule has 106 valence electrons. The third-order valence-corrected chi connectivity index (χ3v) is 4.20. The van der Waals surface area contributed by atoms with Crippen LogP contribution in [-0.2, 0) is 19.4 Å². The standard InChI is InChI=1S/C17H15BrN2O/c18-15-7-5-12(6-8-15)11-21-17-14(10-19)9-13-3-1-2-4-16(13)20-17/h5-9H,1-4,11H2. The van der Waals surface area contributed by atoms with Crippen molar-refractivity contribution in [2.24, 2.45) is 0 Å². The van der Waals surface area contributed by atoms with Crippen molar-refractivity contribution in [1.29, 1.82) is 5.26 Å². The molecule has 1 heterocycles. The molecule has 0 saturated heterocycles. The van der Waals surface area contributed by atoms with Crippen LogP contribution in [0.3, 0.4) is 0 Å². The Bertz CT molecular complexity index is 689. The SMILES string of the molecule is N#Cc1cc2c(nc1OCc1ccc(Br)cc1)CCCC2. The highest BCUT2D eigenvalue weighted by molar-refractivity contribution is 9.10. The number of nitriles is 1. The Morgan fingerprint density at radius 1 is 1.19 bits per heavy atom. The van der Waals surface area contributed by atoms with E-state index in [9.17, 15) is 5.26 Å². The van der Waals surface area contributed by atoms with Gasteiger partial charge < -0.3 is 4.74 Å². The number of fused-ring (bicyclic) bond motifs is 1. The highest BCUT2D eigenvalue weighted by Crippen LogP contribution is 2.26. The highest BCUT2D eigenvalue weighted by atomic mass is 79.9. The molecule has 0 radical (unpaired) electrons. The van der Waals surface area contributed by atoms with Crippen molar-refractivity contribution in [3.05, 3.63) is 57.2 Å². The second-order valence-corrected chi connectivity index (χ2v) is 6.10. The number of hydrogen-bond donors (Lipinski definition) is 0. The minimum Gasteiger partial charge on any atom is -0.472 e. The summed E-state index contributed by atoms with van der Waals surface area (Å²) in [7, 11) is 0. The number of nitrogens with zero attached hydrogens (tertiary/aromatic N) is 2. The Morgan fingerprint density at radius 3 is 2.71 bits per heavy atom. The second-order valence-electron chi connectivity index (χ2n) is 5.18. The predicted molar refractivity (Wildman–Crippen MR) is 84.1 cm³/mol. The molecule has 3 rings (SSSR count). The van der Waals surface area contributed by atoms with Gasteiger partial charge in [-0.05, 0) is 55.0 Å². The summed E-state index contributed by atoms with van der Waals surface area (Å²) in [6, 6.07) is 12.1. The summed E-state index contributed by atoms with van der Waals surface area (Å²) in [6.07, 6.45) is 4.34. The monoisotopic (exact) mass is 342 g/mol. The predicted octanol–water partition coefficient (Wildman–Crippen LogP) is 4.17. The van der Waals surface area contributed by atoms with E-state index in [2.05, 4.69) is 27.0 Å². The maximum atomic E-state index is 9.28. The molecule has 0 saturated carbocycles. The summed E-state index contributed by atoms with van der Waals surface area (Å²) >= 11 is 3.41. The molecule has 0 unspecified atom stereocenters. The van der Waals surface area contributed by atoms with Crippen molar-refractivity contribution in [2.45, 2.75) is 32.3 Å². The lowest BCUT2D eigenvalue weighted by Crippen LogP contribution is -2.09. The minimum absolute atomic E-state index is 0.424. The maximum Gasteiger partial charge on any atom is 0.232 e. The van der Waals surface area contributed by atoms with Gasteiger partial charge in [-0.3, -0.25) is 0 Å². The Balaban J connectivity index is 1.81. The van der Waals surface area contributed by atoms with Crippen LogP contribution >= 0.6 is 15.9 Å². The van der Waals surface area contributed by atoms with E-state index in [0.29, 0.717) is 18.1 Å². The van der Waals surface area contributed by atoms with Crippen LogP contribution in [0.1, 0.15) is 35.2 Å². The summed E-state index contributed by atoms with van der Waals surface area (Å²) in [5.74, 6) is 0.459. The first-order chi connectivity index (χ1) is 10.3. The number of ether oxygens (including phenoxy) is 1. The van der Waals surface area contributed by atoms with Crippen LogP contribution in [-0.4, -0.2) is 4.98 Å². The highest BCUT2D eigenvalue weighted by Gasteiger charge is 2.16. The summed E-state index contributed by atoms with van der Waals surface area (Å²) in [5, 5.41) is 9.28. The van der Waals surface area contributed by atoms with E-state index in [1.54, 1.807) is 0 Å². The van der Waals surface area contributed by atoms with Gasteiger partial charge in [-0.15, -0.1) is 0 Å². The van der Waals surface area contributed by atoms with Crippen molar-refractivity contribution in [2.75, 3.05) is 0 Å². The third kappa shape index (κ3) is 3.25. The van der Waals surface area contributed by atoms with Gasteiger partial charge in [-0.25, -0.2) is 4.98 Å². The van der Waals surface area contributed by atoms with Gasteiger partial charge in [0.15, 0.2) is 0 Å². The van der Waals surface area contributed by atoms with E-state index >= 15 is 0 Å². The van der Waals surface area contributed by atoms with Gasteiger partial charge in [0.1, 0.15) is 18.2 Å². The van der Waals surface area contributed by atoms with Crippen molar-refractivity contribution < 1.29 is 4.74 Å². The summed E-state index contributed by atoms with van der Waals surface area (Å²) in [4.78, 5) is 4.56. The Kier molecular flexibility index (Phi) is 4.21. The lowest BCUT2D eigenvalue weighted by atomic mass is 9.95. The van der Waals surface area contributed by atoms with Gasteiger partial charge >= 0.3 is 0 Å². The fourth-order valence-corrected chi connectivity index (χ4v) is 2.80. The fraction of sp³-hybridized carbons (Fsp3) is 0.294. The molecule has 2 aromatic rings. The zero-order valence-electron chi connectivity index (χ0n) is 11.6. The van der Waals surface area contributed by atoms with Gasteiger partial charge in [-0.2, -0.15) is 5.26 Å². The van der Waals surface area contributed by atoms with Gasteiger partial charge in [-0.1, -0.05) is 28.1 Å². The molecule has 0 bridgehead atoms. The molecule has 0 amide bonds.